The van der Waals surface area contributed by atoms with Crippen molar-refractivity contribution in [1.82, 2.24) is 4.90 Å². The molecule has 0 aromatic heterocycles. The molecule has 0 aromatic carbocycles. The monoisotopic (exact) mass is 307 g/mol. The summed E-state index contributed by atoms with van der Waals surface area (Å²) >= 11 is 0. The van der Waals surface area contributed by atoms with E-state index in [0.717, 1.165) is 31.8 Å². The first kappa shape index (κ1) is 20.5. The highest BCUT2D eigenvalue weighted by Crippen LogP contribution is 2.17. The number of nitrogens with zero attached hydrogens (tertiary/aromatic N) is 1. The molecule has 1 amide bonds. The second kappa shape index (κ2) is 13.2. The van der Waals surface area contributed by atoms with Crippen molar-refractivity contribution in [1.29, 1.82) is 0 Å². The van der Waals surface area contributed by atoms with Gasteiger partial charge in [0.25, 0.3) is 0 Å². The van der Waals surface area contributed by atoms with Crippen LogP contribution >= 0.6 is 0 Å². The van der Waals surface area contributed by atoms with E-state index in [9.17, 15) is 4.79 Å². The number of rotatable bonds is 2. The highest BCUT2D eigenvalue weighted by molar-refractivity contribution is 5.67. The summed E-state index contributed by atoms with van der Waals surface area (Å²) in [7, 11) is 0. The zero-order chi connectivity index (χ0) is 16.8. The quantitative estimate of drug-likeness (QED) is 0.701. The molecule has 1 heterocycles. The molecule has 2 aliphatic rings. The van der Waals surface area contributed by atoms with Crippen LogP contribution in [0.15, 0.2) is 36.5 Å². The van der Waals surface area contributed by atoms with Crippen LogP contribution < -0.4 is 0 Å². The second-order valence-corrected chi connectivity index (χ2v) is 5.07. The summed E-state index contributed by atoms with van der Waals surface area (Å²) < 4.78 is 5.37. The van der Waals surface area contributed by atoms with Gasteiger partial charge in [-0.1, -0.05) is 71.1 Å². The van der Waals surface area contributed by atoms with Gasteiger partial charge in [-0.3, -0.25) is 0 Å². The third-order valence-electron chi connectivity index (χ3n) is 3.49. The van der Waals surface area contributed by atoms with Crippen molar-refractivity contribution in [3.63, 3.8) is 0 Å². The molecule has 1 fully saturated rings. The van der Waals surface area contributed by atoms with Crippen LogP contribution in [0.1, 0.15) is 47.5 Å². The molecule has 0 radical (unpaired) electrons. The standard InChI is InChI=1S/C15H21NO2.2C2H6/c1-13-8-10-16(11-9-13)15(17)18-12-14-6-4-2-3-5-7-14;2*1-2/h2-7,13-14H,8-12H2,1H3;2*1-2H3. The molecule has 1 aliphatic heterocycles. The lowest BCUT2D eigenvalue weighted by Crippen LogP contribution is -2.38. The van der Waals surface area contributed by atoms with E-state index in [0.29, 0.717) is 6.61 Å². The predicted molar refractivity (Wildman–Crippen MR) is 94.9 cm³/mol. The average molecular weight is 307 g/mol. The highest BCUT2D eigenvalue weighted by atomic mass is 16.6. The maximum absolute atomic E-state index is 11.9. The van der Waals surface area contributed by atoms with Gasteiger partial charge in [0.05, 0.1) is 0 Å². The predicted octanol–water partition coefficient (Wildman–Crippen LogP) is 5.21. The van der Waals surface area contributed by atoms with Gasteiger partial charge in [-0.2, -0.15) is 0 Å². The number of hydrogen-bond acceptors (Lipinski definition) is 2. The third kappa shape index (κ3) is 8.06. The number of piperidine rings is 1. The molecular weight excluding hydrogens is 274 g/mol. The van der Waals surface area contributed by atoms with E-state index in [-0.39, 0.29) is 12.0 Å². The van der Waals surface area contributed by atoms with E-state index >= 15 is 0 Å². The van der Waals surface area contributed by atoms with Crippen LogP contribution in [-0.4, -0.2) is 30.7 Å². The summed E-state index contributed by atoms with van der Waals surface area (Å²) in [5.41, 5.74) is 0. The Bertz CT molecular complexity index is 348. The van der Waals surface area contributed by atoms with Gasteiger partial charge in [-0.25, -0.2) is 4.79 Å². The molecule has 0 aromatic rings. The molecule has 0 bridgehead atoms. The van der Waals surface area contributed by atoms with Crippen LogP contribution in [0, 0.1) is 11.8 Å². The normalized spacial score (nSPS) is 17.8. The van der Waals surface area contributed by atoms with Crippen molar-refractivity contribution in [2.75, 3.05) is 19.7 Å². The minimum Gasteiger partial charge on any atom is -0.448 e. The van der Waals surface area contributed by atoms with Gasteiger partial charge < -0.3 is 9.64 Å². The Balaban J connectivity index is 0.00000102. The van der Waals surface area contributed by atoms with E-state index < -0.39 is 0 Å². The minimum absolute atomic E-state index is 0.166. The van der Waals surface area contributed by atoms with Crippen LogP contribution in [0.3, 0.4) is 0 Å². The fourth-order valence-corrected chi connectivity index (χ4v) is 2.17. The Labute approximate surface area is 136 Å². The van der Waals surface area contributed by atoms with E-state index in [1.807, 2.05) is 69.1 Å². The molecule has 22 heavy (non-hydrogen) atoms. The summed E-state index contributed by atoms with van der Waals surface area (Å²) in [6.07, 6.45) is 14.0. The zero-order valence-electron chi connectivity index (χ0n) is 14.9. The molecule has 3 heteroatoms. The topological polar surface area (TPSA) is 29.5 Å². The summed E-state index contributed by atoms with van der Waals surface area (Å²) in [6.45, 7) is 12.3. The fraction of sp³-hybridized carbons (Fsp3) is 0.632. The lowest BCUT2D eigenvalue weighted by molar-refractivity contribution is 0.0852. The number of likely N-dealkylation sites (tertiary alicyclic amines) is 1. The Hall–Kier alpha value is -1.51. The number of carbonyl (C=O) groups excluding carboxylic acids is 1. The molecule has 126 valence electrons. The fourth-order valence-electron chi connectivity index (χ4n) is 2.17. The van der Waals surface area contributed by atoms with Crippen molar-refractivity contribution in [2.45, 2.75) is 47.5 Å². The molecule has 2 rings (SSSR count). The van der Waals surface area contributed by atoms with Gasteiger partial charge in [0, 0.05) is 19.0 Å². The minimum atomic E-state index is -0.166. The molecule has 0 atom stereocenters. The van der Waals surface area contributed by atoms with Crippen LogP contribution in [0.4, 0.5) is 4.79 Å². The van der Waals surface area contributed by atoms with Gasteiger partial charge in [0.1, 0.15) is 6.61 Å². The van der Waals surface area contributed by atoms with Crippen molar-refractivity contribution >= 4 is 6.09 Å². The maximum atomic E-state index is 11.9. The summed E-state index contributed by atoms with van der Waals surface area (Å²) in [5, 5.41) is 0. The van der Waals surface area contributed by atoms with E-state index in [2.05, 4.69) is 6.92 Å². The average Bonchev–Trinajstić information content (AvgIpc) is 2.86. The Morgan fingerprint density at radius 2 is 1.50 bits per heavy atom. The number of carbonyl (C=O) groups is 1. The van der Waals surface area contributed by atoms with Crippen molar-refractivity contribution in [3.8, 4) is 0 Å². The molecule has 0 unspecified atom stereocenters. The number of hydrogen-bond donors (Lipinski definition) is 0. The van der Waals surface area contributed by atoms with Crippen LogP contribution in [-0.2, 0) is 4.74 Å². The van der Waals surface area contributed by atoms with Crippen LogP contribution in [0.5, 0.6) is 0 Å². The van der Waals surface area contributed by atoms with Gasteiger partial charge in [0.15, 0.2) is 0 Å². The molecule has 3 nitrogen and oxygen atoms in total. The van der Waals surface area contributed by atoms with Crippen molar-refractivity contribution in [3.05, 3.63) is 36.5 Å². The first-order valence-corrected chi connectivity index (χ1v) is 8.69. The van der Waals surface area contributed by atoms with E-state index in [4.69, 9.17) is 4.74 Å². The Morgan fingerprint density at radius 3 is 2.00 bits per heavy atom. The molecule has 1 saturated heterocycles. The summed E-state index contributed by atoms with van der Waals surface area (Å²) in [6, 6.07) is 0. The third-order valence-corrected chi connectivity index (χ3v) is 3.49. The molecule has 0 N–H and O–H groups in total. The van der Waals surface area contributed by atoms with Crippen molar-refractivity contribution < 1.29 is 9.53 Å². The van der Waals surface area contributed by atoms with Crippen LogP contribution in [0.2, 0.25) is 0 Å². The number of amides is 1. The first-order valence-electron chi connectivity index (χ1n) is 8.69. The number of ether oxygens (including phenoxy) is 1. The molecular formula is C19H33NO2. The van der Waals surface area contributed by atoms with Crippen molar-refractivity contribution in [2.24, 2.45) is 11.8 Å². The van der Waals surface area contributed by atoms with Gasteiger partial charge >= 0.3 is 6.09 Å². The lowest BCUT2D eigenvalue weighted by Gasteiger charge is -2.29. The molecule has 1 aliphatic carbocycles. The summed E-state index contributed by atoms with van der Waals surface area (Å²) in [5.74, 6) is 0.917. The Morgan fingerprint density at radius 1 is 1.00 bits per heavy atom. The smallest absolute Gasteiger partial charge is 0.409 e. The second-order valence-electron chi connectivity index (χ2n) is 5.07. The zero-order valence-corrected chi connectivity index (χ0v) is 14.9. The van der Waals surface area contributed by atoms with Crippen LogP contribution in [0.25, 0.3) is 0 Å². The molecule has 0 spiro atoms. The van der Waals surface area contributed by atoms with E-state index in [1.165, 1.54) is 0 Å². The SMILES string of the molecule is CC.CC.CC1CCN(C(=O)OCC2C=CC=CC=C2)CC1. The molecule has 0 saturated carbocycles. The Kier molecular flexibility index (Phi) is 12.3. The first-order chi connectivity index (χ1) is 10.8. The van der Waals surface area contributed by atoms with Gasteiger partial charge in [0.2, 0.25) is 0 Å². The summed E-state index contributed by atoms with van der Waals surface area (Å²) in [4.78, 5) is 13.7. The van der Waals surface area contributed by atoms with E-state index in [1.54, 1.807) is 0 Å². The number of allylic oxidation sites excluding steroid dienone is 4. The van der Waals surface area contributed by atoms with Gasteiger partial charge in [-0.05, 0) is 18.8 Å². The lowest BCUT2D eigenvalue weighted by atomic mass is 10.00. The maximum Gasteiger partial charge on any atom is 0.409 e. The van der Waals surface area contributed by atoms with Gasteiger partial charge in [-0.15, -0.1) is 0 Å². The highest BCUT2D eigenvalue weighted by Gasteiger charge is 2.21. The largest absolute Gasteiger partial charge is 0.448 e.